The lowest BCUT2D eigenvalue weighted by atomic mass is 9.94. The first-order chi connectivity index (χ1) is 11.7. The molecule has 6 nitrogen and oxygen atoms in total. The zero-order valence-corrected chi connectivity index (χ0v) is 13.2. The number of furan rings is 1. The lowest BCUT2D eigenvalue weighted by molar-refractivity contribution is -0.122. The second kappa shape index (κ2) is 6.11. The average Bonchev–Trinajstić information content (AvgIpc) is 3.32. The number of nitrogens with zero attached hydrogens (tertiary/aromatic N) is 2. The first kappa shape index (κ1) is 14.9. The molecule has 1 amide bonds. The fraction of sp³-hybridized carbons (Fsp3) is 0.389. The first-order valence-corrected chi connectivity index (χ1v) is 8.26. The lowest BCUT2D eigenvalue weighted by Crippen LogP contribution is -2.36. The Bertz CT molecular complexity index is 822. The molecular formula is C18H19N3O3. The predicted molar refractivity (Wildman–Crippen MR) is 88.1 cm³/mol. The summed E-state index contributed by atoms with van der Waals surface area (Å²) in [5, 5.41) is 7.15. The second-order valence-corrected chi connectivity index (χ2v) is 6.54. The van der Waals surface area contributed by atoms with Gasteiger partial charge >= 0.3 is 0 Å². The Morgan fingerprint density at radius 1 is 1.29 bits per heavy atom. The van der Waals surface area contributed by atoms with Crippen LogP contribution in [0.4, 0.5) is 0 Å². The molecule has 2 aromatic heterocycles. The monoisotopic (exact) mass is 325 g/mol. The van der Waals surface area contributed by atoms with Gasteiger partial charge in [0.05, 0.1) is 6.26 Å². The SMILES string of the molecule is O=C(Cn1nc(-c2ccco2)ccc1=O)NC[C@@H]1C[C@@H]2C=C[C@H]1C2. The van der Waals surface area contributed by atoms with Crippen molar-refractivity contribution in [2.45, 2.75) is 19.4 Å². The predicted octanol–water partition coefficient (Wildman–Crippen LogP) is 1.83. The number of aromatic nitrogens is 2. The lowest BCUT2D eigenvalue weighted by Gasteiger charge is -2.18. The van der Waals surface area contributed by atoms with Crippen LogP contribution < -0.4 is 10.9 Å². The van der Waals surface area contributed by atoms with Crippen molar-refractivity contribution in [2.75, 3.05) is 6.54 Å². The number of carbonyl (C=O) groups is 1. The number of hydrogen-bond donors (Lipinski definition) is 1. The number of rotatable bonds is 5. The molecule has 0 aliphatic heterocycles. The number of amides is 1. The summed E-state index contributed by atoms with van der Waals surface area (Å²) in [6.07, 6.45) is 8.46. The number of hydrogen-bond acceptors (Lipinski definition) is 4. The Labute approximate surface area is 139 Å². The van der Waals surface area contributed by atoms with Gasteiger partial charge in [-0.25, -0.2) is 4.68 Å². The van der Waals surface area contributed by atoms with Crippen molar-refractivity contribution >= 4 is 5.91 Å². The van der Waals surface area contributed by atoms with Gasteiger partial charge in [0.25, 0.3) is 5.56 Å². The van der Waals surface area contributed by atoms with Gasteiger partial charge in [0.1, 0.15) is 12.2 Å². The summed E-state index contributed by atoms with van der Waals surface area (Å²) in [6, 6.07) is 6.51. The topological polar surface area (TPSA) is 77.1 Å². The summed E-state index contributed by atoms with van der Waals surface area (Å²) in [5.41, 5.74) is 0.231. The molecule has 1 N–H and O–H groups in total. The van der Waals surface area contributed by atoms with E-state index in [4.69, 9.17) is 4.42 Å². The van der Waals surface area contributed by atoms with E-state index in [0.717, 1.165) is 6.42 Å². The highest BCUT2D eigenvalue weighted by Crippen LogP contribution is 2.42. The fourth-order valence-electron chi connectivity index (χ4n) is 3.68. The number of carbonyl (C=O) groups excluding carboxylic acids is 1. The van der Waals surface area contributed by atoms with Gasteiger partial charge in [0.2, 0.25) is 5.91 Å². The molecule has 0 radical (unpaired) electrons. The van der Waals surface area contributed by atoms with Gasteiger partial charge in [-0.05, 0) is 48.8 Å². The minimum Gasteiger partial charge on any atom is -0.463 e. The Kier molecular flexibility index (Phi) is 3.80. The second-order valence-electron chi connectivity index (χ2n) is 6.54. The molecule has 0 saturated heterocycles. The van der Waals surface area contributed by atoms with Crippen molar-refractivity contribution in [3.8, 4) is 11.5 Å². The molecule has 2 bridgehead atoms. The molecule has 24 heavy (non-hydrogen) atoms. The van der Waals surface area contributed by atoms with Crippen molar-refractivity contribution < 1.29 is 9.21 Å². The van der Waals surface area contributed by atoms with Crippen LogP contribution in [0.15, 0.2) is 51.9 Å². The quantitative estimate of drug-likeness (QED) is 0.851. The highest BCUT2D eigenvalue weighted by atomic mass is 16.3. The van der Waals surface area contributed by atoms with E-state index in [1.54, 1.807) is 24.5 Å². The third-order valence-corrected chi connectivity index (χ3v) is 4.91. The summed E-state index contributed by atoms with van der Waals surface area (Å²) >= 11 is 0. The summed E-state index contributed by atoms with van der Waals surface area (Å²) in [5.74, 6) is 2.18. The average molecular weight is 325 g/mol. The standard InChI is InChI=1S/C18H19N3O3/c22-17(19-10-14-9-12-3-4-13(14)8-12)11-21-18(23)6-5-15(20-21)16-2-1-7-24-16/h1-7,12-14H,8-11H2,(H,19,22)/t12-,13+,14+/m1/s1. The Morgan fingerprint density at radius 2 is 2.21 bits per heavy atom. The van der Waals surface area contributed by atoms with Crippen LogP contribution in [0.5, 0.6) is 0 Å². The van der Waals surface area contributed by atoms with Crippen LogP contribution >= 0.6 is 0 Å². The summed E-state index contributed by atoms with van der Waals surface area (Å²) < 4.78 is 6.45. The summed E-state index contributed by atoms with van der Waals surface area (Å²) in [4.78, 5) is 24.1. The maximum absolute atomic E-state index is 12.2. The Morgan fingerprint density at radius 3 is 2.92 bits per heavy atom. The van der Waals surface area contributed by atoms with Gasteiger partial charge in [0.15, 0.2) is 5.76 Å². The molecule has 3 atom stereocenters. The maximum Gasteiger partial charge on any atom is 0.267 e. The molecular weight excluding hydrogens is 306 g/mol. The van der Waals surface area contributed by atoms with Crippen LogP contribution in [0.3, 0.4) is 0 Å². The smallest absolute Gasteiger partial charge is 0.267 e. The third kappa shape index (κ3) is 2.91. The van der Waals surface area contributed by atoms with Gasteiger partial charge in [0, 0.05) is 12.6 Å². The maximum atomic E-state index is 12.2. The molecule has 2 aromatic rings. The highest BCUT2D eigenvalue weighted by molar-refractivity contribution is 5.75. The van der Waals surface area contributed by atoms with E-state index in [2.05, 4.69) is 22.6 Å². The van der Waals surface area contributed by atoms with Gasteiger partial charge in [-0.15, -0.1) is 0 Å². The molecule has 0 spiro atoms. The molecule has 6 heteroatoms. The number of allylic oxidation sites excluding steroid dienone is 2. The normalized spacial score (nSPS) is 24.4. The van der Waals surface area contributed by atoms with E-state index in [1.165, 1.54) is 17.2 Å². The Balaban J connectivity index is 1.39. The Hall–Kier alpha value is -2.63. The molecule has 2 heterocycles. The van der Waals surface area contributed by atoms with E-state index in [9.17, 15) is 9.59 Å². The summed E-state index contributed by atoms with van der Waals surface area (Å²) in [6.45, 7) is 0.584. The van der Waals surface area contributed by atoms with Crippen LogP contribution in [-0.4, -0.2) is 22.2 Å². The van der Waals surface area contributed by atoms with Crippen LogP contribution in [0.25, 0.3) is 11.5 Å². The molecule has 2 aliphatic carbocycles. The minimum atomic E-state index is -0.302. The van der Waals surface area contributed by atoms with Crippen LogP contribution in [-0.2, 0) is 11.3 Å². The molecule has 1 saturated carbocycles. The van der Waals surface area contributed by atoms with Crippen molar-refractivity contribution in [1.29, 1.82) is 0 Å². The molecule has 4 rings (SSSR count). The molecule has 1 fully saturated rings. The van der Waals surface area contributed by atoms with Crippen molar-refractivity contribution in [1.82, 2.24) is 15.1 Å². The first-order valence-electron chi connectivity index (χ1n) is 8.26. The van der Waals surface area contributed by atoms with Crippen molar-refractivity contribution in [3.63, 3.8) is 0 Å². The van der Waals surface area contributed by atoms with Gasteiger partial charge < -0.3 is 9.73 Å². The zero-order chi connectivity index (χ0) is 16.5. The summed E-state index contributed by atoms with van der Waals surface area (Å²) in [7, 11) is 0. The molecule has 0 unspecified atom stereocenters. The highest BCUT2D eigenvalue weighted by Gasteiger charge is 2.35. The van der Waals surface area contributed by atoms with Crippen LogP contribution in [0.1, 0.15) is 12.8 Å². The fourth-order valence-corrected chi connectivity index (χ4v) is 3.68. The number of nitrogens with one attached hydrogen (secondary N) is 1. The molecule has 124 valence electrons. The number of fused-ring (bicyclic) bond motifs is 2. The van der Waals surface area contributed by atoms with E-state index >= 15 is 0 Å². The van der Waals surface area contributed by atoms with Gasteiger partial charge in [-0.2, -0.15) is 5.10 Å². The van der Waals surface area contributed by atoms with E-state index in [-0.39, 0.29) is 18.0 Å². The van der Waals surface area contributed by atoms with E-state index in [1.807, 2.05) is 0 Å². The molecule has 2 aliphatic rings. The van der Waals surface area contributed by atoms with E-state index < -0.39 is 0 Å². The van der Waals surface area contributed by atoms with Crippen molar-refractivity contribution in [3.05, 3.63) is 53.0 Å². The van der Waals surface area contributed by atoms with Gasteiger partial charge in [-0.1, -0.05) is 12.2 Å². The van der Waals surface area contributed by atoms with Crippen LogP contribution in [0, 0.1) is 17.8 Å². The minimum absolute atomic E-state index is 0.0793. The molecule has 0 aromatic carbocycles. The third-order valence-electron chi connectivity index (χ3n) is 4.91. The van der Waals surface area contributed by atoms with Gasteiger partial charge in [-0.3, -0.25) is 9.59 Å². The van der Waals surface area contributed by atoms with Crippen molar-refractivity contribution in [2.24, 2.45) is 17.8 Å². The zero-order valence-electron chi connectivity index (χ0n) is 13.2. The van der Waals surface area contributed by atoms with Crippen LogP contribution in [0.2, 0.25) is 0 Å². The van der Waals surface area contributed by atoms with E-state index in [0.29, 0.717) is 35.8 Å². The largest absolute Gasteiger partial charge is 0.463 e.